The van der Waals surface area contributed by atoms with Crippen LogP contribution in [0.2, 0.25) is 0 Å². The molecule has 0 unspecified atom stereocenters. The van der Waals surface area contributed by atoms with Crippen LogP contribution in [0.5, 0.6) is 5.75 Å². The molecule has 2 heterocycles. The molecule has 1 aromatic carbocycles. The van der Waals surface area contributed by atoms with E-state index in [2.05, 4.69) is 31.1 Å². The smallest absolute Gasteiger partial charge is 0.233 e. The molecule has 0 fully saturated rings. The number of nitrogens with zero attached hydrogens (tertiary/aromatic N) is 3. The molecular formula is C13H11BrN4O2S. The lowest BCUT2D eigenvalue weighted by Gasteiger charge is -2.03. The van der Waals surface area contributed by atoms with E-state index in [4.69, 9.17) is 15.0 Å². The summed E-state index contributed by atoms with van der Waals surface area (Å²) >= 11 is 4.82. The number of thiazole rings is 1. The van der Waals surface area contributed by atoms with E-state index >= 15 is 0 Å². The standard InChI is InChI=1S/C13H11BrN4O2S/c1-19-10-3-2-7(4-9(10)14)12-17-11(20-18-12)5-8-6-21-13(15)16-8/h2-4,6H,5H2,1H3,(H2,15,16). The number of hydrogen-bond acceptors (Lipinski definition) is 7. The van der Waals surface area contributed by atoms with E-state index in [1.54, 1.807) is 7.11 Å². The molecule has 0 atom stereocenters. The Kier molecular flexibility index (Phi) is 3.89. The van der Waals surface area contributed by atoms with Gasteiger partial charge in [0.1, 0.15) is 5.75 Å². The van der Waals surface area contributed by atoms with Crippen molar-refractivity contribution in [1.29, 1.82) is 0 Å². The summed E-state index contributed by atoms with van der Waals surface area (Å²) in [6, 6.07) is 5.60. The molecule has 0 radical (unpaired) electrons. The van der Waals surface area contributed by atoms with Crippen molar-refractivity contribution in [3.8, 4) is 17.1 Å². The minimum Gasteiger partial charge on any atom is -0.496 e. The molecule has 3 aromatic rings. The van der Waals surface area contributed by atoms with Crippen molar-refractivity contribution < 1.29 is 9.26 Å². The van der Waals surface area contributed by atoms with Gasteiger partial charge in [0.05, 0.1) is 23.7 Å². The van der Waals surface area contributed by atoms with Crippen molar-refractivity contribution in [2.45, 2.75) is 6.42 Å². The Hall–Kier alpha value is -1.93. The number of aromatic nitrogens is 3. The van der Waals surface area contributed by atoms with E-state index in [0.717, 1.165) is 21.5 Å². The fraction of sp³-hybridized carbons (Fsp3) is 0.154. The molecule has 0 aliphatic rings. The third-order valence-electron chi connectivity index (χ3n) is 2.78. The number of halogens is 1. The van der Waals surface area contributed by atoms with Crippen molar-refractivity contribution in [2.24, 2.45) is 0 Å². The number of benzene rings is 1. The minimum atomic E-state index is 0.470. The first kappa shape index (κ1) is 14.0. The first-order chi connectivity index (χ1) is 10.2. The van der Waals surface area contributed by atoms with Gasteiger partial charge in [-0.3, -0.25) is 0 Å². The summed E-state index contributed by atoms with van der Waals surface area (Å²) in [5.41, 5.74) is 7.26. The largest absolute Gasteiger partial charge is 0.496 e. The zero-order chi connectivity index (χ0) is 14.8. The van der Waals surface area contributed by atoms with E-state index in [0.29, 0.717) is 23.3 Å². The highest BCUT2D eigenvalue weighted by molar-refractivity contribution is 9.10. The van der Waals surface area contributed by atoms with Crippen LogP contribution in [0.25, 0.3) is 11.4 Å². The van der Waals surface area contributed by atoms with Crippen LogP contribution >= 0.6 is 27.3 Å². The summed E-state index contributed by atoms with van der Waals surface area (Å²) < 4.78 is 11.3. The fourth-order valence-electron chi connectivity index (χ4n) is 1.81. The van der Waals surface area contributed by atoms with Crippen LogP contribution in [0.1, 0.15) is 11.6 Å². The van der Waals surface area contributed by atoms with Crippen LogP contribution in [-0.4, -0.2) is 22.2 Å². The van der Waals surface area contributed by atoms with Crippen molar-refractivity contribution in [3.63, 3.8) is 0 Å². The number of methoxy groups -OCH3 is 1. The molecule has 0 saturated heterocycles. The lowest BCUT2D eigenvalue weighted by molar-refractivity contribution is 0.385. The summed E-state index contributed by atoms with van der Waals surface area (Å²) in [6.45, 7) is 0. The van der Waals surface area contributed by atoms with E-state index in [1.807, 2.05) is 23.6 Å². The van der Waals surface area contributed by atoms with E-state index < -0.39 is 0 Å². The predicted molar refractivity (Wildman–Crippen MR) is 83.3 cm³/mol. The van der Waals surface area contributed by atoms with Gasteiger partial charge in [-0.15, -0.1) is 11.3 Å². The van der Waals surface area contributed by atoms with Crippen molar-refractivity contribution in [2.75, 3.05) is 12.8 Å². The van der Waals surface area contributed by atoms with Crippen LogP contribution in [0, 0.1) is 0 Å². The summed E-state index contributed by atoms with van der Waals surface area (Å²) in [5.74, 6) is 1.78. The molecule has 0 saturated carbocycles. The monoisotopic (exact) mass is 366 g/mol. The molecular weight excluding hydrogens is 356 g/mol. The Bertz CT molecular complexity index is 771. The zero-order valence-corrected chi connectivity index (χ0v) is 13.4. The Morgan fingerprint density at radius 2 is 2.24 bits per heavy atom. The zero-order valence-electron chi connectivity index (χ0n) is 11.0. The van der Waals surface area contributed by atoms with Gasteiger partial charge in [0.2, 0.25) is 11.7 Å². The van der Waals surface area contributed by atoms with Gasteiger partial charge < -0.3 is 15.0 Å². The Morgan fingerprint density at radius 1 is 1.38 bits per heavy atom. The molecule has 6 nitrogen and oxygen atoms in total. The van der Waals surface area contributed by atoms with Crippen LogP contribution in [0.4, 0.5) is 5.13 Å². The second-order valence-electron chi connectivity index (χ2n) is 4.21. The van der Waals surface area contributed by atoms with Crippen molar-refractivity contribution >= 4 is 32.4 Å². The molecule has 21 heavy (non-hydrogen) atoms. The molecule has 0 bridgehead atoms. The molecule has 2 N–H and O–H groups in total. The molecule has 8 heteroatoms. The normalized spacial score (nSPS) is 10.8. The van der Waals surface area contributed by atoms with Crippen molar-refractivity contribution in [3.05, 3.63) is 39.6 Å². The van der Waals surface area contributed by atoms with Gasteiger partial charge in [-0.25, -0.2) is 4.98 Å². The van der Waals surface area contributed by atoms with E-state index in [1.165, 1.54) is 11.3 Å². The Labute approximate surface area is 133 Å². The third-order valence-corrected chi connectivity index (χ3v) is 4.12. The number of anilines is 1. The highest BCUT2D eigenvalue weighted by atomic mass is 79.9. The van der Waals surface area contributed by atoms with E-state index in [-0.39, 0.29) is 0 Å². The van der Waals surface area contributed by atoms with Crippen LogP contribution in [0.15, 0.2) is 32.6 Å². The maximum absolute atomic E-state index is 5.60. The molecule has 3 rings (SSSR count). The van der Waals surface area contributed by atoms with Gasteiger partial charge >= 0.3 is 0 Å². The lowest BCUT2D eigenvalue weighted by Crippen LogP contribution is -1.90. The number of hydrogen-bond donors (Lipinski definition) is 1. The maximum atomic E-state index is 5.60. The molecule has 0 spiro atoms. The second kappa shape index (κ2) is 5.82. The highest BCUT2D eigenvalue weighted by Crippen LogP contribution is 2.29. The van der Waals surface area contributed by atoms with Gasteiger partial charge in [-0.1, -0.05) is 5.16 Å². The van der Waals surface area contributed by atoms with Gasteiger partial charge in [-0.05, 0) is 34.1 Å². The number of nitrogens with two attached hydrogens (primary N) is 1. The fourth-order valence-corrected chi connectivity index (χ4v) is 2.91. The topological polar surface area (TPSA) is 87.1 Å². The summed E-state index contributed by atoms with van der Waals surface area (Å²) in [7, 11) is 1.62. The predicted octanol–water partition coefficient (Wildman–Crippen LogP) is 3.14. The first-order valence-corrected chi connectivity index (χ1v) is 7.69. The molecule has 2 aromatic heterocycles. The van der Waals surface area contributed by atoms with Crippen LogP contribution in [-0.2, 0) is 6.42 Å². The summed E-state index contributed by atoms with van der Waals surface area (Å²) in [4.78, 5) is 8.54. The Morgan fingerprint density at radius 3 is 2.90 bits per heavy atom. The lowest BCUT2D eigenvalue weighted by atomic mass is 10.2. The maximum Gasteiger partial charge on any atom is 0.233 e. The first-order valence-electron chi connectivity index (χ1n) is 6.02. The molecule has 108 valence electrons. The van der Waals surface area contributed by atoms with Gasteiger partial charge in [0, 0.05) is 10.9 Å². The third kappa shape index (κ3) is 3.06. The van der Waals surface area contributed by atoms with E-state index in [9.17, 15) is 0 Å². The quantitative estimate of drug-likeness (QED) is 0.762. The highest BCUT2D eigenvalue weighted by Gasteiger charge is 2.12. The average Bonchev–Trinajstić information content (AvgIpc) is 3.08. The number of ether oxygens (including phenoxy) is 1. The minimum absolute atomic E-state index is 0.470. The van der Waals surface area contributed by atoms with Crippen molar-refractivity contribution in [1.82, 2.24) is 15.1 Å². The van der Waals surface area contributed by atoms with Crippen LogP contribution < -0.4 is 10.5 Å². The second-order valence-corrected chi connectivity index (χ2v) is 5.96. The molecule has 0 aliphatic heterocycles. The van der Waals surface area contributed by atoms with Gasteiger partial charge in [0.15, 0.2) is 5.13 Å². The Balaban J connectivity index is 1.82. The average molecular weight is 367 g/mol. The summed E-state index contributed by atoms with van der Waals surface area (Å²) in [5, 5.41) is 6.39. The SMILES string of the molecule is COc1ccc(-c2noc(Cc3csc(N)n3)n2)cc1Br. The molecule has 0 amide bonds. The van der Waals surface area contributed by atoms with Gasteiger partial charge in [-0.2, -0.15) is 4.98 Å². The summed E-state index contributed by atoms with van der Waals surface area (Å²) in [6.07, 6.45) is 0.470. The van der Waals surface area contributed by atoms with Crippen LogP contribution in [0.3, 0.4) is 0 Å². The van der Waals surface area contributed by atoms with Gasteiger partial charge in [0.25, 0.3) is 0 Å². The number of rotatable bonds is 4. The molecule has 0 aliphatic carbocycles. The number of nitrogen functional groups attached to an aromatic ring is 1.